The van der Waals surface area contributed by atoms with E-state index in [2.05, 4.69) is 4.98 Å². The van der Waals surface area contributed by atoms with Crippen molar-refractivity contribution in [1.82, 2.24) is 9.88 Å². The maximum Gasteiger partial charge on any atom is 0.434 e. The number of hydrogen-bond acceptors (Lipinski definition) is 3. The molecule has 2 heterocycles. The zero-order valence-corrected chi connectivity index (χ0v) is 10.9. The van der Waals surface area contributed by atoms with Gasteiger partial charge in [-0.25, -0.2) is 0 Å². The number of amides is 1. The van der Waals surface area contributed by atoms with Crippen LogP contribution in [-0.2, 0) is 11.0 Å². The first-order chi connectivity index (χ1) is 9.80. The summed E-state index contributed by atoms with van der Waals surface area (Å²) in [7, 11) is 0. The molecule has 0 aliphatic carbocycles. The molecule has 21 heavy (non-hydrogen) atoms. The van der Waals surface area contributed by atoms with Crippen molar-refractivity contribution in [3.05, 3.63) is 29.6 Å². The van der Waals surface area contributed by atoms with Crippen molar-refractivity contribution in [3.8, 4) is 0 Å². The van der Waals surface area contributed by atoms with Crippen molar-refractivity contribution in [1.29, 1.82) is 0 Å². The lowest BCUT2D eigenvalue weighted by Crippen LogP contribution is -2.38. The number of nitrogens with zero attached hydrogens (tertiary/aromatic N) is 2. The summed E-state index contributed by atoms with van der Waals surface area (Å²) < 4.78 is 38.6. The molecule has 1 fully saturated rings. The summed E-state index contributed by atoms with van der Waals surface area (Å²) in [6.07, 6.45) is -2.98. The molecule has 0 bridgehead atoms. The topological polar surface area (TPSA) is 70.5 Å². The maximum absolute atomic E-state index is 12.9. The number of rotatable bonds is 3. The third-order valence-electron chi connectivity index (χ3n) is 3.35. The van der Waals surface area contributed by atoms with Gasteiger partial charge in [0.25, 0.3) is 5.91 Å². The second-order valence-electron chi connectivity index (χ2n) is 4.79. The van der Waals surface area contributed by atoms with Crippen molar-refractivity contribution in [2.45, 2.75) is 31.5 Å². The van der Waals surface area contributed by atoms with Crippen LogP contribution in [0.15, 0.2) is 18.3 Å². The second-order valence-corrected chi connectivity index (χ2v) is 4.79. The van der Waals surface area contributed by atoms with Crippen molar-refractivity contribution in [2.24, 2.45) is 0 Å². The fourth-order valence-corrected chi connectivity index (χ4v) is 2.48. The molecule has 5 nitrogen and oxygen atoms in total. The van der Waals surface area contributed by atoms with Crippen LogP contribution in [0.1, 0.15) is 35.3 Å². The molecule has 1 aromatic rings. The van der Waals surface area contributed by atoms with Gasteiger partial charge < -0.3 is 10.0 Å². The number of alkyl halides is 3. The summed E-state index contributed by atoms with van der Waals surface area (Å²) >= 11 is 0. The SMILES string of the molecule is O=C(O)C[C@@H]1CCCN1C(=O)c1cccnc1C(F)(F)F. The first-order valence-electron chi connectivity index (χ1n) is 6.35. The average molecular weight is 302 g/mol. The lowest BCUT2D eigenvalue weighted by molar-refractivity contribution is -0.142. The monoisotopic (exact) mass is 302 g/mol. The Morgan fingerprint density at radius 2 is 2.14 bits per heavy atom. The van der Waals surface area contributed by atoms with Crippen molar-refractivity contribution < 1.29 is 27.9 Å². The van der Waals surface area contributed by atoms with Gasteiger partial charge in [-0.3, -0.25) is 14.6 Å². The zero-order valence-electron chi connectivity index (χ0n) is 10.9. The Labute approximate surface area is 118 Å². The van der Waals surface area contributed by atoms with E-state index in [1.54, 1.807) is 0 Å². The molecule has 1 atom stereocenters. The van der Waals surface area contributed by atoms with Crippen LogP contribution in [0.5, 0.6) is 0 Å². The highest BCUT2D eigenvalue weighted by Gasteiger charge is 2.39. The Bertz CT molecular complexity index is 560. The average Bonchev–Trinajstić information content (AvgIpc) is 2.84. The molecule has 2 rings (SSSR count). The van der Waals surface area contributed by atoms with E-state index in [-0.39, 0.29) is 13.0 Å². The largest absolute Gasteiger partial charge is 0.481 e. The Morgan fingerprint density at radius 3 is 2.76 bits per heavy atom. The predicted molar refractivity (Wildman–Crippen MR) is 65.6 cm³/mol. The van der Waals surface area contributed by atoms with E-state index in [1.165, 1.54) is 11.0 Å². The van der Waals surface area contributed by atoms with E-state index in [0.29, 0.717) is 12.8 Å². The van der Waals surface area contributed by atoms with Gasteiger partial charge in [0.05, 0.1) is 12.0 Å². The molecule has 0 spiro atoms. The number of carboxylic acid groups (broad SMARTS) is 1. The number of halogens is 3. The van der Waals surface area contributed by atoms with Crippen molar-refractivity contribution in [3.63, 3.8) is 0 Å². The molecule has 1 aliphatic rings. The molecule has 0 radical (unpaired) electrons. The maximum atomic E-state index is 12.9. The molecule has 1 N–H and O–H groups in total. The minimum absolute atomic E-state index is 0.253. The number of pyridine rings is 1. The van der Waals surface area contributed by atoms with Crippen molar-refractivity contribution >= 4 is 11.9 Å². The molecule has 1 amide bonds. The fraction of sp³-hybridized carbons (Fsp3) is 0.462. The number of aromatic nitrogens is 1. The highest BCUT2D eigenvalue weighted by molar-refractivity contribution is 5.96. The molecule has 1 aliphatic heterocycles. The smallest absolute Gasteiger partial charge is 0.434 e. The minimum atomic E-state index is -4.73. The molecule has 8 heteroatoms. The Balaban J connectivity index is 2.30. The third-order valence-corrected chi connectivity index (χ3v) is 3.35. The molecular formula is C13H13F3N2O3. The van der Waals surface area contributed by atoms with Gasteiger partial charge in [-0.05, 0) is 25.0 Å². The number of likely N-dealkylation sites (tertiary alicyclic amines) is 1. The van der Waals surface area contributed by atoms with Crippen LogP contribution in [0.4, 0.5) is 13.2 Å². The van der Waals surface area contributed by atoms with Crippen LogP contribution < -0.4 is 0 Å². The summed E-state index contributed by atoms with van der Waals surface area (Å²) in [5.74, 6) is -1.90. The first-order valence-corrected chi connectivity index (χ1v) is 6.35. The number of hydrogen-bond donors (Lipinski definition) is 1. The molecule has 1 saturated heterocycles. The van der Waals surface area contributed by atoms with Gasteiger partial charge in [0, 0.05) is 18.8 Å². The highest BCUT2D eigenvalue weighted by atomic mass is 19.4. The molecule has 0 unspecified atom stereocenters. The summed E-state index contributed by atoms with van der Waals surface area (Å²) in [5.41, 5.74) is -1.78. The lowest BCUT2D eigenvalue weighted by Gasteiger charge is -2.24. The van der Waals surface area contributed by atoms with Gasteiger partial charge in [-0.2, -0.15) is 13.2 Å². The summed E-state index contributed by atoms with van der Waals surface area (Å²) in [6.45, 7) is 0.253. The number of carbonyl (C=O) groups excluding carboxylic acids is 1. The van der Waals surface area contributed by atoms with Crippen LogP contribution in [0, 0.1) is 0 Å². The van der Waals surface area contributed by atoms with Gasteiger partial charge in [-0.1, -0.05) is 0 Å². The predicted octanol–water partition coefficient (Wildman–Crippen LogP) is 2.18. The molecule has 1 aromatic heterocycles. The Kier molecular flexibility index (Phi) is 4.15. The van der Waals surface area contributed by atoms with Crippen LogP contribution in [0.25, 0.3) is 0 Å². The van der Waals surface area contributed by atoms with Gasteiger partial charge in [0.2, 0.25) is 0 Å². The molecular weight excluding hydrogens is 289 g/mol. The second kappa shape index (κ2) is 5.71. The van der Waals surface area contributed by atoms with Gasteiger partial charge >= 0.3 is 12.1 Å². The zero-order chi connectivity index (χ0) is 15.6. The van der Waals surface area contributed by atoms with E-state index in [9.17, 15) is 22.8 Å². The molecule has 0 aromatic carbocycles. The van der Waals surface area contributed by atoms with Gasteiger partial charge in [0.15, 0.2) is 5.69 Å². The van der Waals surface area contributed by atoms with E-state index < -0.39 is 35.4 Å². The first kappa shape index (κ1) is 15.3. The van der Waals surface area contributed by atoms with Crippen molar-refractivity contribution in [2.75, 3.05) is 6.54 Å². The lowest BCUT2D eigenvalue weighted by atomic mass is 10.1. The van der Waals surface area contributed by atoms with E-state index in [1.807, 2.05) is 0 Å². The Morgan fingerprint density at radius 1 is 1.43 bits per heavy atom. The highest BCUT2D eigenvalue weighted by Crippen LogP contribution is 2.32. The van der Waals surface area contributed by atoms with Gasteiger partial charge in [-0.15, -0.1) is 0 Å². The quantitative estimate of drug-likeness (QED) is 0.929. The van der Waals surface area contributed by atoms with Crippen LogP contribution in [0.3, 0.4) is 0 Å². The molecule has 114 valence electrons. The normalized spacial score (nSPS) is 18.8. The third kappa shape index (κ3) is 3.32. The number of aliphatic carboxylic acids is 1. The van der Waals surface area contributed by atoms with Crippen LogP contribution >= 0.6 is 0 Å². The van der Waals surface area contributed by atoms with Crippen LogP contribution in [-0.4, -0.2) is 39.5 Å². The summed E-state index contributed by atoms with van der Waals surface area (Å²) in [6, 6.07) is 1.75. The summed E-state index contributed by atoms with van der Waals surface area (Å²) in [5, 5.41) is 8.80. The number of carboxylic acids is 1. The minimum Gasteiger partial charge on any atom is -0.481 e. The standard InChI is InChI=1S/C13H13F3N2O3/c14-13(15,16)11-9(4-1-5-17-11)12(21)18-6-2-3-8(18)7-10(19)20/h1,4-5,8H,2-3,6-7H2,(H,19,20)/t8-/m0/s1. The summed E-state index contributed by atoms with van der Waals surface area (Å²) in [4.78, 5) is 27.5. The van der Waals surface area contributed by atoms with Gasteiger partial charge in [0.1, 0.15) is 0 Å². The number of carbonyl (C=O) groups is 2. The van der Waals surface area contributed by atoms with E-state index in [4.69, 9.17) is 5.11 Å². The fourth-order valence-electron chi connectivity index (χ4n) is 2.48. The van der Waals surface area contributed by atoms with E-state index in [0.717, 1.165) is 12.3 Å². The van der Waals surface area contributed by atoms with Crippen LogP contribution in [0.2, 0.25) is 0 Å². The Hall–Kier alpha value is -2.12. The molecule has 0 saturated carbocycles. The van der Waals surface area contributed by atoms with E-state index >= 15 is 0 Å².